The second-order valence-corrected chi connectivity index (χ2v) is 6.70. The number of pyridine rings is 1. The summed E-state index contributed by atoms with van der Waals surface area (Å²) in [4.78, 5) is 4.08. The van der Waals surface area contributed by atoms with Crippen LogP contribution < -0.4 is 14.8 Å². The number of methoxy groups -OCH3 is 1. The van der Waals surface area contributed by atoms with E-state index in [0.29, 0.717) is 18.3 Å². The molecule has 0 bridgehead atoms. The summed E-state index contributed by atoms with van der Waals surface area (Å²) in [6, 6.07) is 3.04. The number of nitrogens with one attached hydrogen (secondary N) is 2. The van der Waals surface area contributed by atoms with Gasteiger partial charge in [0, 0.05) is 12.6 Å². The van der Waals surface area contributed by atoms with E-state index in [1.54, 1.807) is 6.07 Å². The molecular formula is C13H21N3O3S. The molecule has 1 aromatic rings. The van der Waals surface area contributed by atoms with Crippen molar-refractivity contribution in [1.29, 1.82) is 0 Å². The van der Waals surface area contributed by atoms with Gasteiger partial charge in [-0.3, -0.25) is 0 Å². The summed E-state index contributed by atoms with van der Waals surface area (Å²) in [7, 11) is -1.98. The van der Waals surface area contributed by atoms with Crippen LogP contribution in [0.25, 0.3) is 0 Å². The Morgan fingerprint density at radius 1 is 1.50 bits per heavy atom. The van der Waals surface area contributed by atoms with E-state index >= 15 is 0 Å². The van der Waals surface area contributed by atoms with Crippen LogP contribution >= 0.6 is 0 Å². The minimum absolute atomic E-state index is 0.167. The van der Waals surface area contributed by atoms with Gasteiger partial charge in [-0.05, 0) is 44.3 Å². The quantitative estimate of drug-likeness (QED) is 0.810. The highest BCUT2D eigenvalue weighted by Crippen LogP contribution is 2.15. The molecule has 1 saturated heterocycles. The standard InChI is InChI=1S/C13H21N3O3S/c1-19-13-5-4-12(10-15-13)20(17,18)16-8-6-11-3-2-7-14-9-11/h4-5,10-11,14,16H,2-3,6-9H2,1H3. The van der Waals surface area contributed by atoms with Crippen LogP contribution in [0.5, 0.6) is 5.88 Å². The molecule has 0 saturated carbocycles. The van der Waals surface area contributed by atoms with Gasteiger partial charge in [-0.25, -0.2) is 18.1 Å². The van der Waals surface area contributed by atoms with E-state index in [9.17, 15) is 8.42 Å². The average Bonchev–Trinajstić information content (AvgIpc) is 2.48. The lowest BCUT2D eigenvalue weighted by Gasteiger charge is -2.22. The van der Waals surface area contributed by atoms with Crippen molar-refractivity contribution in [1.82, 2.24) is 15.0 Å². The number of hydrogen-bond donors (Lipinski definition) is 2. The van der Waals surface area contributed by atoms with Gasteiger partial charge < -0.3 is 10.1 Å². The van der Waals surface area contributed by atoms with Crippen molar-refractivity contribution < 1.29 is 13.2 Å². The number of ether oxygens (including phenoxy) is 1. The van der Waals surface area contributed by atoms with Gasteiger partial charge in [0.25, 0.3) is 0 Å². The van der Waals surface area contributed by atoms with E-state index in [-0.39, 0.29) is 4.90 Å². The highest BCUT2D eigenvalue weighted by atomic mass is 32.2. The number of piperidine rings is 1. The molecule has 0 radical (unpaired) electrons. The third kappa shape index (κ3) is 4.16. The van der Waals surface area contributed by atoms with E-state index in [4.69, 9.17) is 4.74 Å². The average molecular weight is 299 g/mol. The van der Waals surface area contributed by atoms with Gasteiger partial charge >= 0.3 is 0 Å². The third-order valence-electron chi connectivity index (χ3n) is 3.47. The molecule has 1 atom stereocenters. The van der Waals surface area contributed by atoms with Crippen molar-refractivity contribution >= 4 is 10.0 Å². The van der Waals surface area contributed by atoms with Crippen LogP contribution in [-0.4, -0.2) is 40.1 Å². The molecule has 2 rings (SSSR count). The molecule has 6 nitrogen and oxygen atoms in total. The number of rotatable bonds is 6. The Bertz CT molecular complexity index is 510. The summed E-state index contributed by atoms with van der Waals surface area (Å²) >= 11 is 0. The van der Waals surface area contributed by atoms with Gasteiger partial charge in [-0.2, -0.15) is 0 Å². The van der Waals surface area contributed by atoms with E-state index in [2.05, 4.69) is 15.0 Å². The zero-order chi connectivity index (χ0) is 14.4. The Morgan fingerprint density at radius 3 is 2.95 bits per heavy atom. The van der Waals surface area contributed by atoms with Crippen LogP contribution in [0.3, 0.4) is 0 Å². The summed E-state index contributed by atoms with van der Waals surface area (Å²) in [6.07, 6.45) is 4.50. The van der Waals surface area contributed by atoms with Gasteiger partial charge in [0.15, 0.2) is 0 Å². The minimum atomic E-state index is -3.47. The maximum atomic E-state index is 12.1. The molecule has 0 aromatic carbocycles. The summed E-state index contributed by atoms with van der Waals surface area (Å²) in [6.45, 7) is 2.51. The molecule has 7 heteroatoms. The summed E-state index contributed by atoms with van der Waals surface area (Å²) < 4.78 is 31.7. The van der Waals surface area contributed by atoms with Crippen LogP contribution in [0.2, 0.25) is 0 Å². The topological polar surface area (TPSA) is 80.3 Å². The van der Waals surface area contributed by atoms with Crippen molar-refractivity contribution in [3.8, 4) is 5.88 Å². The van der Waals surface area contributed by atoms with Crippen molar-refractivity contribution in [2.45, 2.75) is 24.2 Å². The predicted octanol–water partition coefficient (Wildman–Crippen LogP) is 0.758. The molecule has 20 heavy (non-hydrogen) atoms. The lowest BCUT2D eigenvalue weighted by molar-refractivity contribution is 0.358. The van der Waals surface area contributed by atoms with Crippen molar-refractivity contribution in [2.24, 2.45) is 5.92 Å². The first-order chi connectivity index (χ1) is 9.62. The predicted molar refractivity (Wildman–Crippen MR) is 76.2 cm³/mol. The van der Waals surface area contributed by atoms with E-state index in [1.807, 2.05) is 0 Å². The Balaban J connectivity index is 1.86. The Labute approximate surface area is 120 Å². The van der Waals surface area contributed by atoms with Crippen molar-refractivity contribution in [3.63, 3.8) is 0 Å². The molecule has 2 N–H and O–H groups in total. The Morgan fingerprint density at radius 2 is 2.35 bits per heavy atom. The largest absolute Gasteiger partial charge is 0.481 e. The molecular weight excluding hydrogens is 278 g/mol. The highest BCUT2D eigenvalue weighted by Gasteiger charge is 2.17. The number of sulfonamides is 1. The van der Waals surface area contributed by atoms with Gasteiger partial charge in [0.1, 0.15) is 4.90 Å². The number of hydrogen-bond acceptors (Lipinski definition) is 5. The lowest BCUT2D eigenvalue weighted by Crippen LogP contribution is -2.33. The first-order valence-electron chi connectivity index (χ1n) is 6.82. The van der Waals surface area contributed by atoms with Crippen LogP contribution in [0, 0.1) is 5.92 Å². The summed E-state index contributed by atoms with van der Waals surface area (Å²) in [5, 5.41) is 3.33. The summed E-state index contributed by atoms with van der Waals surface area (Å²) in [5.41, 5.74) is 0. The Hall–Kier alpha value is -1.18. The van der Waals surface area contributed by atoms with Crippen LogP contribution in [0.4, 0.5) is 0 Å². The Kier molecular flexibility index (Phi) is 5.33. The molecule has 112 valence electrons. The minimum Gasteiger partial charge on any atom is -0.481 e. The fraction of sp³-hybridized carbons (Fsp3) is 0.615. The molecule has 0 spiro atoms. The van der Waals surface area contributed by atoms with Gasteiger partial charge in [0.05, 0.1) is 13.3 Å². The monoisotopic (exact) mass is 299 g/mol. The summed E-state index contributed by atoms with van der Waals surface area (Å²) in [5.74, 6) is 0.956. The third-order valence-corrected chi connectivity index (χ3v) is 4.92. The first-order valence-corrected chi connectivity index (χ1v) is 8.30. The van der Waals surface area contributed by atoms with Crippen molar-refractivity contribution in [2.75, 3.05) is 26.7 Å². The maximum absolute atomic E-state index is 12.1. The normalized spacial score (nSPS) is 19.8. The molecule has 0 aliphatic carbocycles. The van der Waals surface area contributed by atoms with Crippen molar-refractivity contribution in [3.05, 3.63) is 18.3 Å². The number of aromatic nitrogens is 1. The van der Waals surface area contributed by atoms with Gasteiger partial charge in [-0.1, -0.05) is 0 Å². The zero-order valence-electron chi connectivity index (χ0n) is 11.6. The molecule has 2 heterocycles. The molecule has 1 unspecified atom stereocenters. The maximum Gasteiger partial charge on any atom is 0.242 e. The van der Waals surface area contributed by atoms with Gasteiger partial charge in [0.2, 0.25) is 15.9 Å². The fourth-order valence-corrected chi connectivity index (χ4v) is 3.29. The molecule has 0 amide bonds. The van der Waals surface area contributed by atoms with Gasteiger partial charge in [-0.15, -0.1) is 0 Å². The van der Waals surface area contributed by atoms with E-state index in [0.717, 1.165) is 19.5 Å². The van der Waals surface area contributed by atoms with E-state index in [1.165, 1.54) is 32.2 Å². The lowest BCUT2D eigenvalue weighted by atomic mass is 9.96. The van der Waals surface area contributed by atoms with Crippen LogP contribution in [-0.2, 0) is 10.0 Å². The zero-order valence-corrected chi connectivity index (χ0v) is 12.4. The SMILES string of the molecule is COc1ccc(S(=O)(=O)NCCC2CCCNC2)cn1. The second-order valence-electron chi connectivity index (χ2n) is 4.94. The fourth-order valence-electron chi connectivity index (χ4n) is 2.30. The van der Waals surface area contributed by atoms with Crippen LogP contribution in [0.1, 0.15) is 19.3 Å². The van der Waals surface area contributed by atoms with E-state index < -0.39 is 10.0 Å². The number of nitrogens with zero attached hydrogens (tertiary/aromatic N) is 1. The smallest absolute Gasteiger partial charge is 0.242 e. The molecule has 1 aliphatic heterocycles. The molecule has 1 fully saturated rings. The van der Waals surface area contributed by atoms with Crippen LogP contribution in [0.15, 0.2) is 23.2 Å². The molecule has 1 aromatic heterocycles. The first kappa shape index (κ1) is 15.2. The highest BCUT2D eigenvalue weighted by molar-refractivity contribution is 7.89. The second kappa shape index (κ2) is 7.01. The molecule has 1 aliphatic rings.